The Morgan fingerprint density at radius 2 is 2.00 bits per heavy atom. The molecule has 0 spiro atoms. The van der Waals surface area contributed by atoms with Crippen LogP contribution in [0.4, 0.5) is 5.13 Å². The predicted octanol–water partition coefficient (Wildman–Crippen LogP) is 4.50. The van der Waals surface area contributed by atoms with Crippen molar-refractivity contribution in [3.05, 3.63) is 52.4 Å². The second-order valence-corrected chi connectivity index (χ2v) is 6.99. The minimum absolute atomic E-state index is 0.313. The van der Waals surface area contributed by atoms with E-state index in [0.29, 0.717) is 40.4 Å². The number of methoxy groups -OCH3 is 1. The second kappa shape index (κ2) is 7.46. The van der Waals surface area contributed by atoms with Crippen LogP contribution >= 0.6 is 22.9 Å². The fourth-order valence-electron chi connectivity index (χ4n) is 2.68. The zero-order valence-electron chi connectivity index (χ0n) is 14.3. The van der Waals surface area contributed by atoms with Gasteiger partial charge in [0.1, 0.15) is 19.0 Å². The van der Waals surface area contributed by atoms with Gasteiger partial charge < -0.3 is 14.2 Å². The Morgan fingerprint density at radius 3 is 2.81 bits per heavy atom. The molecule has 27 heavy (non-hydrogen) atoms. The molecule has 8 heteroatoms. The van der Waals surface area contributed by atoms with E-state index in [2.05, 4.69) is 10.3 Å². The Bertz CT molecular complexity index is 1010. The van der Waals surface area contributed by atoms with Crippen LogP contribution in [0.2, 0.25) is 5.02 Å². The van der Waals surface area contributed by atoms with Gasteiger partial charge in [-0.15, -0.1) is 11.3 Å². The van der Waals surface area contributed by atoms with Gasteiger partial charge in [-0.3, -0.25) is 10.1 Å². The van der Waals surface area contributed by atoms with Gasteiger partial charge in [0, 0.05) is 16.0 Å². The van der Waals surface area contributed by atoms with E-state index >= 15 is 0 Å². The topological polar surface area (TPSA) is 69.7 Å². The quantitative estimate of drug-likeness (QED) is 0.696. The first-order chi connectivity index (χ1) is 13.1. The van der Waals surface area contributed by atoms with Gasteiger partial charge in [0.15, 0.2) is 16.6 Å². The highest BCUT2D eigenvalue weighted by molar-refractivity contribution is 7.14. The van der Waals surface area contributed by atoms with Crippen molar-refractivity contribution >= 4 is 34.0 Å². The number of halogens is 1. The number of carbonyl (C=O) groups excluding carboxylic acids is 1. The van der Waals surface area contributed by atoms with Crippen molar-refractivity contribution in [2.75, 3.05) is 25.6 Å². The average Bonchev–Trinajstić information content (AvgIpc) is 3.15. The standard InChI is InChI=1S/C19H15ClN2O4S/c1-24-16-9-12(20)3-4-13(16)18(23)22-19-21-14(10-27-19)11-2-5-15-17(8-11)26-7-6-25-15/h2-5,8-10H,6-7H2,1H3,(H,21,22,23). The van der Waals surface area contributed by atoms with Crippen LogP contribution in [0.15, 0.2) is 41.8 Å². The first-order valence-electron chi connectivity index (χ1n) is 8.14. The number of carbonyl (C=O) groups is 1. The summed E-state index contributed by atoms with van der Waals surface area (Å²) in [6.07, 6.45) is 0. The Morgan fingerprint density at radius 1 is 1.19 bits per heavy atom. The maximum atomic E-state index is 12.5. The van der Waals surface area contributed by atoms with Crippen molar-refractivity contribution in [3.63, 3.8) is 0 Å². The molecule has 1 aromatic heterocycles. The van der Waals surface area contributed by atoms with Gasteiger partial charge in [0.2, 0.25) is 0 Å². The molecule has 0 bridgehead atoms. The zero-order valence-corrected chi connectivity index (χ0v) is 15.9. The lowest BCUT2D eigenvalue weighted by molar-refractivity contribution is 0.102. The lowest BCUT2D eigenvalue weighted by Crippen LogP contribution is -2.15. The third-order valence-corrected chi connectivity index (χ3v) is 4.96. The number of hydrogen-bond acceptors (Lipinski definition) is 6. The zero-order chi connectivity index (χ0) is 18.8. The van der Waals surface area contributed by atoms with Gasteiger partial charge in [0.05, 0.1) is 18.4 Å². The molecular weight excluding hydrogens is 388 g/mol. The normalized spacial score (nSPS) is 12.5. The van der Waals surface area contributed by atoms with Gasteiger partial charge in [0.25, 0.3) is 5.91 Å². The van der Waals surface area contributed by atoms with Crippen molar-refractivity contribution in [1.82, 2.24) is 4.98 Å². The SMILES string of the molecule is COc1cc(Cl)ccc1C(=O)Nc1nc(-c2ccc3c(c2)OCCO3)cs1. The number of benzene rings is 2. The summed E-state index contributed by atoms with van der Waals surface area (Å²) in [4.78, 5) is 17.0. The molecule has 0 radical (unpaired) electrons. The van der Waals surface area contributed by atoms with Crippen LogP contribution in [0.1, 0.15) is 10.4 Å². The number of fused-ring (bicyclic) bond motifs is 1. The second-order valence-electron chi connectivity index (χ2n) is 5.70. The fraction of sp³-hybridized carbons (Fsp3) is 0.158. The van der Waals surface area contributed by atoms with Crippen LogP contribution in [0.5, 0.6) is 17.2 Å². The number of nitrogens with zero attached hydrogens (tertiary/aromatic N) is 1. The molecule has 6 nitrogen and oxygen atoms in total. The van der Waals surface area contributed by atoms with E-state index in [4.69, 9.17) is 25.8 Å². The van der Waals surface area contributed by atoms with E-state index < -0.39 is 0 Å². The molecule has 2 heterocycles. The van der Waals surface area contributed by atoms with E-state index in [1.54, 1.807) is 18.2 Å². The summed E-state index contributed by atoms with van der Waals surface area (Å²) < 4.78 is 16.4. The Hall–Kier alpha value is -2.77. The highest BCUT2D eigenvalue weighted by atomic mass is 35.5. The third-order valence-electron chi connectivity index (χ3n) is 3.97. The molecule has 0 aliphatic carbocycles. The lowest BCUT2D eigenvalue weighted by atomic mass is 10.1. The number of amides is 1. The van der Waals surface area contributed by atoms with Crippen molar-refractivity contribution in [1.29, 1.82) is 0 Å². The number of ether oxygens (including phenoxy) is 3. The summed E-state index contributed by atoms with van der Waals surface area (Å²) in [5.41, 5.74) is 2.02. The van der Waals surface area contributed by atoms with Crippen molar-refractivity contribution in [3.8, 4) is 28.5 Å². The van der Waals surface area contributed by atoms with E-state index in [0.717, 1.165) is 17.0 Å². The number of hydrogen-bond donors (Lipinski definition) is 1. The van der Waals surface area contributed by atoms with Gasteiger partial charge >= 0.3 is 0 Å². The molecule has 0 unspecified atom stereocenters. The van der Waals surface area contributed by atoms with Crippen LogP contribution in [0.25, 0.3) is 11.3 Å². The van der Waals surface area contributed by atoms with Crippen LogP contribution in [-0.4, -0.2) is 31.2 Å². The smallest absolute Gasteiger partial charge is 0.261 e. The lowest BCUT2D eigenvalue weighted by Gasteiger charge is -2.18. The molecular formula is C19H15ClN2O4S. The van der Waals surface area contributed by atoms with Gasteiger partial charge in [-0.2, -0.15) is 0 Å². The molecule has 1 aliphatic heterocycles. The first kappa shape index (κ1) is 17.6. The Balaban J connectivity index is 1.54. The summed E-state index contributed by atoms with van der Waals surface area (Å²) in [5, 5.41) is 5.66. The van der Waals surface area contributed by atoms with Crippen LogP contribution < -0.4 is 19.5 Å². The molecule has 1 amide bonds. The highest BCUT2D eigenvalue weighted by Gasteiger charge is 2.16. The van der Waals surface area contributed by atoms with Crippen molar-refractivity contribution < 1.29 is 19.0 Å². The summed E-state index contributed by atoms with van der Waals surface area (Å²) in [7, 11) is 1.49. The Kier molecular flexibility index (Phi) is 4.87. The molecule has 0 saturated carbocycles. The molecule has 4 rings (SSSR count). The average molecular weight is 403 g/mol. The molecule has 138 valence electrons. The number of nitrogens with one attached hydrogen (secondary N) is 1. The molecule has 0 saturated heterocycles. The molecule has 0 fully saturated rings. The third kappa shape index (κ3) is 3.70. The van der Waals surface area contributed by atoms with Gasteiger partial charge in [-0.25, -0.2) is 4.98 Å². The summed E-state index contributed by atoms with van der Waals surface area (Å²) in [5.74, 6) is 1.52. The van der Waals surface area contributed by atoms with E-state index in [-0.39, 0.29) is 5.91 Å². The van der Waals surface area contributed by atoms with Gasteiger partial charge in [-0.1, -0.05) is 11.6 Å². The summed E-state index contributed by atoms with van der Waals surface area (Å²) >= 11 is 7.28. The summed E-state index contributed by atoms with van der Waals surface area (Å²) in [6.45, 7) is 1.07. The fourth-order valence-corrected chi connectivity index (χ4v) is 3.56. The van der Waals surface area contributed by atoms with Crippen LogP contribution in [-0.2, 0) is 0 Å². The van der Waals surface area contributed by atoms with Crippen molar-refractivity contribution in [2.24, 2.45) is 0 Å². The predicted molar refractivity (Wildman–Crippen MR) is 104 cm³/mol. The molecule has 2 aromatic carbocycles. The number of aromatic nitrogens is 1. The number of thiazole rings is 1. The molecule has 0 atom stereocenters. The highest BCUT2D eigenvalue weighted by Crippen LogP contribution is 2.35. The van der Waals surface area contributed by atoms with E-state index in [1.807, 2.05) is 23.6 Å². The van der Waals surface area contributed by atoms with E-state index in [1.165, 1.54) is 18.4 Å². The number of rotatable bonds is 4. The van der Waals surface area contributed by atoms with E-state index in [9.17, 15) is 4.79 Å². The first-order valence-corrected chi connectivity index (χ1v) is 9.40. The molecule has 1 aliphatic rings. The monoisotopic (exact) mass is 402 g/mol. The van der Waals surface area contributed by atoms with Gasteiger partial charge in [-0.05, 0) is 36.4 Å². The maximum absolute atomic E-state index is 12.5. The summed E-state index contributed by atoms with van der Waals surface area (Å²) in [6, 6.07) is 10.5. The molecule has 3 aromatic rings. The maximum Gasteiger partial charge on any atom is 0.261 e. The minimum atomic E-state index is -0.313. The molecule has 1 N–H and O–H groups in total. The van der Waals surface area contributed by atoms with Crippen LogP contribution in [0.3, 0.4) is 0 Å². The number of anilines is 1. The largest absolute Gasteiger partial charge is 0.496 e. The Labute approximate surface area is 164 Å². The van der Waals surface area contributed by atoms with Crippen LogP contribution in [0, 0.1) is 0 Å². The van der Waals surface area contributed by atoms with Crippen molar-refractivity contribution in [2.45, 2.75) is 0 Å². The minimum Gasteiger partial charge on any atom is -0.496 e.